The fraction of sp³-hybridized carbons (Fsp3) is 0.111. The van der Waals surface area contributed by atoms with Gasteiger partial charge in [0, 0.05) is 18.0 Å². The third kappa shape index (κ3) is 2.77. The molecule has 104 valence electrons. The van der Waals surface area contributed by atoms with E-state index < -0.39 is 0 Å². The zero-order valence-corrected chi connectivity index (χ0v) is 12.1. The number of methoxy groups -OCH3 is 1. The largest absolute Gasteiger partial charge is 0.467 e. The Labute approximate surface area is 124 Å². The van der Waals surface area contributed by atoms with Crippen molar-refractivity contribution in [2.45, 2.75) is 6.92 Å². The van der Waals surface area contributed by atoms with Crippen LogP contribution in [0.3, 0.4) is 0 Å². The second-order valence-electron chi connectivity index (χ2n) is 4.85. The van der Waals surface area contributed by atoms with Crippen LogP contribution in [0.2, 0.25) is 0 Å². The number of ether oxygens (including phenoxy) is 1. The van der Waals surface area contributed by atoms with Crippen LogP contribution in [0.5, 0.6) is 6.01 Å². The number of nitrogens with zero attached hydrogens (tertiary/aromatic N) is 2. The van der Waals surface area contributed by atoms with Crippen molar-refractivity contribution in [2.75, 3.05) is 7.11 Å². The highest BCUT2D eigenvalue weighted by atomic mass is 16.5. The number of benzene rings is 2. The molecule has 3 rings (SSSR count). The summed E-state index contributed by atoms with van der Waals surface area (Å²) >= 11 is 0. The van der Waals surface area contributed by atoms with E-state index in [-0.39, 0.29) is 0 Å². The fourth-order valence-corrected chi connectivity index (χ4v) is 2.30. The Hall–Kier alpha value is -2.68. The van der Waals surface area contributed by atoms with E-state index in [1.54, 1.807) is 19.5 Å². The summed E-state index contributed by atoms with van der Waals surface area (Å²) in [7, 11) is 1.56. The minimum Gasteiger partial charge on any atom is -0.467 e. The van der Waals surface area contributed by atoms with Crippen LogP contribution in [0.15, 0.2) is 60.9 Å². The first-order valence-corrected chi connectivity index (χ1v) is 6.80. The maximum Gasteiger partial charge on any atom is 0.316 e. The monoisotopic (exact) mass is 276 g/mol. The van der Waals surface area contributed by atoms with Crippen LogP contribution in [0, 0.1) is 6.92 Å². The van der Waals surface area contributed by atoms with Gasteiger partial charge in [0.2, 0.25) is 0 Å². The summed E-state index contributed by atoms with van der Waals surface area (Å²) in [5.41, 5.74) is 5.77. The maximum absolute atomic E-state index is 4.99. The Morgan fingerprint density at radius 2 is 1.52 bits per heavy atom. The molecule has 0 saturated carbocycles. The molecule has 0 atom stereocenters. The molecule has 0 saturated heterocycles. The first-order chi connectivity index (χ1) is 10.3. The van der Waals surface area contributed by atoms with Crippen molar-refractivity contribution in [1.82, 2.24) is 9.97 Å². The number of hydrogen-bond acceptors (Lipinski definition) is 3. The van der Waals surface area contributed by atoms with Crippen molar-refractivity contribution in [3.63, 3.8) is 0 Å². The van der Waals surface area contributed by atoms with Gasteiger partial charge in [-0.05, 0) is 35.2 Å². The molecule has 0 fully saturated rings. The average molecular weight is 276 g/mol. The third-order valence-corrected chi connectivity index (χ3v) is 3.47. The van der Waals surface area contributed by atoms with E-state index in [2.05, 4.69) is 59.4 Å². The lowest BCUT2D eigenvalue weighted by molar-refractivity contribution is 0.380. The molecule has 3 heteroatoms. The van der Waals surface area contributed by atoms with Crippen molar-refractivity contribution < 1.29 is 4.74 Å². The van der Waals surface area contributed by atoms with Gasteiger partial charge in [0.25, 0.3) is 0 Å². The van der Waals surface area contributed by atoms with E-state index in [0.717, 1.165) is 11.1 Å². The van der Waals surface area contributed by atoms with E-state index in [1.165, 1.54) is 16.7 Å². The molecule has 0 aliphatic heterocycles. The van der Waals surface area contributed by atoms with Crippen molar-refractivity contribution in [2.24, 2.45) is 0 Å². The molecule has 0 radical (unpaired) electrons. The van der Waals surface area contributed by atoms with Crippen molar-refractivity contribution >= 4 is 0 Å². The van der Waals surface area contributed by atoms with Gasteiger partial charge in [-0.15, -0.1) is 0 Å². The van der Waals surface area contributed by atoms with E-state index in [9.17, 15) is 0 Å². The Morgan fingerprint density at radius 3 is 2.19 bits per heavy atom. The second kappa shape index (κ2) is 5.75. The van der Waals surface area contributed by atoms with Crippen LogP contribution in [-0.2, 0) is 0 Å². The molecule has 0 spiro atoms. The molecule has 21 heavy (non-hydrogen) atoms. The molecule has 0 amide bonds. The number of aromatic nitrogens is 2. The van der Waals surface area contributed by atoms with Gasteiger partial charge in [-0.25, -0.2) is 9.97 Å². The quantitative estimate of drug-likeness (QED) is 0.721. The zero-order valence-electron chi connectivity index (χ0n) is 12.1. The Kier molecular flexibility index (Phi) is 3.65. The first-order valence-electron chi connectivity index (χ1n) is 6.80. The molecule has 0 unspecified atom stereocenters. The van der Waals surface area contributed by atoms with Crippen LogP contribution in [-0.4, -0.2) is 17.1 Å². The van der Waals surface area contributed by atoms with Gasteiger partial charge in [-0.1, -0.05) is 42.5 Å². The molecule has 1 aromatic heterocycles. The molecule has 3 aromatic rings. The van der Waals surface area contributed by atoms with Gasteiger partial charge in [0.05, 0.1) is 7.11 Å². The van der Waals surface area contributed by atoms with Crippen LogP contribution >= 0.6 is 0 Å². The van der Waals surface area contributed by atoms with E-state index in [0.29, 0.717) is 6.01 Å². The Bertz CT molecular complexity index is 737. The normalized spacial score (nSPS) is 10.4. The van der Waals surface area contributed by atoms with Gasteiger partial charge in [0.15, 0.2) is 0 Å². The van der Waals surface area contributed by atoms with Crippen molar-refractivity contribution in [3.8, 4) is 28.3 Å². The fourth-order valence-electron chi connectivity index (χ4n) is 2.30. The van der Waals surface area contributed by atoms with Crippen LogP contribution in [0.25, 0.3) is 22.3 Å². The van der Waals surface area contributed by atoms with Crippen LogP contribution < -0.4 is 4.74 Å². The van der Waals surface area contributed by atoms with Gasteiger partial charge in [-0.2, -0.15) is 0 Å². The SMILES string of the molecule is COc1ncc(-c2ccc(C)c(-c3ccccc3)c2)cn1. The minimum atomic E-state index is 0.383. The predicted molar refractivity (Wildman–Crippen MR) is 84.2 cm³/mol. The summed E-state index contributed by atoms with van der Waals surface area (Å²) < 4.78 is 4.99. The molecular formula is C18H16N2O. The molecule has 1 heterocycles. The van der Waals surface area contributed by atoms with E-state index >= 15 is 0 Å². The first kappa shape index (κ1) is 13.3. The molecule has 0 aliphatic carbocycles. The molecule has 0 bridgehead atoms. The van der Waals surface area contributed by atoms with E-state index in [4.69, 9.17) is 4.74 Å². The summed E-state index contributed by atoms with van der Waals surface area (Å²) in [6.07, 6.45) is 3.57. The lowest BCUT2D eigenvalue weighted by atomic mass is 9.96. The maximum atomic E-state index is 4.99. The number of aryl methyl sites for hydroxylation is 1. The highest BCUT2D eigenvalue weighted by molar-refractivity contribution is 5.74. The smallest absolute Gasteiger partial charge is 0.316 e. The molecule has 3 nitrogen and oxygen atoms in total. The van der Waals surface area contributed by atoms with Gasteiger partial charge in [0.1, 0.15) is 0 Å². The number of hydrogen-bond donors (Lipinski definition) is 0. The Balaban J connectivity index is 2.04. The van der Waals surface area contributed by atoms with Crippen molar-refractivity contribution in [1.29, 1.82) is 0 Å². The standard InChI is InChI=1S/C18H16N2O/c1-13-8-9-15(16-11-19-18(21-2)20-12-16)10-17(13)14-6-4-3-5-7-14/h3-12H,1-2H3. The second-order valence-corrected chi connectivity index (χ2v) is 4.85. The van der Waals surface area contributed by atoms with Crippen molar-refractivity contribution in [3.05, 3.63) is 66.5 Å². The lowest BCUT2D eigenvalue weighted by Crippen LogP contribution is -1.92. The van der Waals surface area contributed by atoms with E-state index in [1.807, 2.05) is 6.07 Å². The summed E-state index contributed by atoms with van der Waals surface area (Å²) in [5, 5.41) is 0. The highest BCUT2D eigenvalue weighted by Gasteiger charge is 2.06. The van der Waals surface area contributed by atoms with Crippen LogP contribution in [0.4, 0.5) is 0 Å². The lowest BCUT2D eigenvalue weighted by Gasteiger charge is -2.09. The van der Waals surface area contributed by atoms with Gasteiger partial charge in [-0.3, -0.25) is 0 Å². The highest BCUT2D eigenvalue weighted by Crippen LogP contribution is 2.28. The van der Waals surface area contributed by atoms with Gasteiger partial charge >= 0.3 is 6.01 Å². The number of rotatable bonds is 3. The molecular weight excluding hydrogens is 260 g/mol. The predicted octanol–water partition coefficient (Wildman–Crippen LogP) is 4.13. The minimum absolute atomic E-state index is 0.383. The topological polar surface area (TPSA) is 35.0 Å². The zero-order chi connectivity index (χ0) is 14.7. The Morgan fingerprint density at radius 1 is 0.810 bits per heavy atom. The molecule has 2 aromatic carbocycles. The molecule has 0 N–H and O–H groups in total. The molecule has 0 aliphatic rings. The third-order valence-electron chi connectivity index (χ3n) is 3.47. The summed E-state index contributed by atoms with van der Waals surface area (Å²) in [6.45, 7) is 2.12. The summed E-state index contributed by atoms with van der Waals surface area (Å²) in [6, 6.07) is 17.2. The van der Waals surface area contributed by atoms with Crippen LogP contribution in [0.1, 0.15) is 5.56 Å². The summed E-state index contributed by atoms with van der Waals surface area (Å²) in [5.74, 6) is 0. The average Bonchev–Trinajstić information content (AvgIpc) is 2.56. The van der Waals surface area contributed by atoms with Gasteiger partial charge < -0.3 is 4.74 Å². The summed E-state index contributed by atoms with van der Waals surface area (Å²) in [4.78, 5) is 8.33.